The number of fused-ring (bicyclic) bond motifs is 2. The highest BCUT2D eigenvalue weighted by Crippen LogP contribution is 2.52. The summed E-state index contributed by atoms with van der Waals surface area (Å²) >= 11 is 7.82. The van der Waals surface area contributed by atoms with E-state index in [9.17, 15) is 27.9 Å². The van der Waals surface area contributed by atoms with Crippen molar-refractivity contribution >= 4 is 48.9 Å². The van der Waals surface area contributed by atoms with E-state index in [4.69, 9.17) is 31.8 Å². The summed E-state index contributed by atoms with van der Waals surface area (Å²) in [5.74, 6) is -2.94. The van der Waals surface area contributed by atoms with Gasteiger partial charge in [0.2, 0.25) is 6.43 Å². The maximum absolute atomic E-state index is 17.2. The summed E-state index contributed by atoms with van der Waals surface area (Å²) in [7, 11) is 0. The van der Waals surface area contributed by atoms with Crippen LogP contribution < -0.4 is 15.2 Å². The number of halogens is 6. The van der Waals surface area contributed by atoms with Gasteiger partial charge in [0.25, 0.3) is 0 Å². The highest BCUT2D eigenvalue weighted by atomic mass is 35.5. The van der Waals surface area contributed by atoms with E-state index in [1.54, 1.807) is 6.92 Å². The van der Waals surface area contributed by atoms with Crippen LogP contribution in [0.4, 0.5) is 27.0 Å². The number of benzene rings is 2. The zero-order chi connectivity index (χ0) is 34.8. The van der Waals surface area contributed by atoms with Gasteiger partial charge in [-0.05, 0) is 50.8 Å². The molecule has 260 valence electrons. The van der Waals surface area contributed by atoms with Gasteiger partial charge >= 0.3 is 6.01 Å². The lowest BCUT2D eigenvalue weighted by Crippen LogP contribution is -2.43. The summed E-state index contributed by atoms with van der Waals surface area (Å²) in [5.41, 5.74) is 5.27. The number of anilines is 1. The van der Waals surface area contributed by atoms with E-state index in [-0.39, 0.29) is 104 Å². The van der Waals surface area contributed by atoms with Gasteiger partial charge in [-0.15, -0.1) is 11.3 Å². The number of hydrogen-bond donors (Lipinski definition) is 2. The molecule has 3 aliphatic rings. The topological polar surface area (TPSA) is 118 Å². The SMILES string of the molecule is C[C@H](O)[C@H]1COc2c(Cl)c(-c3ccc(F)c4sc(N)c(C#N)c34)c(F)c3nc(OC[C@@]45CCCN4C[C@H](F)C5)nc(c23)C1CCCC(F)F. The fourth-order valence-corrected chi connectivity index (χ4v) is 9.24. The maximum Gasteiger partial charge on any atom is 0.317 e. The van der Waals surface area contributed by atoms with Crippen LogP contribution in [0, 0.1) is 28.9 Å². The van der Waals surface area contributed by atoms with Crippen LogP contribution in [-0.2, 0) is 0 Å². The number of rotatable bonds is 9. The molecule has 0 amide bonds. The Morgan fingerprint density at radius 1 is 1.29 bits per heavy atom. The quantitative estimate of drug-likeness (QED) is 0.169. The van der Waals surface area contributed by atoms with Crippen LogP contribution in [-0.4, -0.2) is 70.5 Å². The Morgan fingerprint density at radius 3 is 2.82 bits per heavy atom. The summed E-state index contributed by atoms with van der Waals surface area (Å²) < 4.78 is 85.7. The average Bonchev–Trinajstić information content (AvgIpc) is 3.66. The first-order chi connectivity index (χ1) is 23.4. The lowest BCUT2D eigenvalue weighted by molar-refractivity contribution is 0.0691. The van der Waals surface area contributed by atoms with Gasteiger partial charge in [0.1, 0.15) is 40.9 Å². The summed E-state index contributed by atoms with van der Waals surface area (Å²) in [6, 6.07) is 4.20. The number of ether oxygens (including phenoxy) is 2. The molecule has 3 N–H and O–H groups in total. The second-order valence-electron chi connectivity index (χ2n) is 13.2. The minimum Gasteiger partial charge on any atom is -0.491 e. The van der Waals surface area contributed by atoms with Gasteiger partial charge in [-0.2, -0.15) is 15.2 Å². The van der Waals surface area contributed by atoms with E-state index in [0.29, 0.717) is 6.42 Å². The third kappa shape index (κ3) is 5.72. The zero-order valence-corrected chi connectivity index (χ0v) is 28.0. The highest BCUT2D eigenvalue weighted by Gasteiger charge is 2.49. The van der Waals surface area contributed by atoms with Crippen molar-refractivity contribution in [1.82, 2.24) is 14.9 Å². The normalized spacial score (nSPS) is 24.3. The van der Waals surface area contributed by atoms with Crippen LogP contribution in [0.5, 0.6) is 11.8 Å². The number of aliphatic hydroxyl groups is 1. The van der Waals surface area contributed by atoms with Crippen molar-refractivity contribution in [3.05, 3.63) is 40.0 Å². The lowest BCUT2D eigenvalue weighted by Gasteiger charge is -2.31. The van der Waals surface area contributed by atoms with Gasteiger partial charge in [-0.1, -0.05) is 17.7 Å². The molecule has 0 bridgehead atoms. The fourth-order valence-electron chi connectivity index (χ4n) is 7.96. The molecule has 2 aromatic carbocycles. The fraction of sp³-hybridized carbons (Fsp3) is 0.500. The van der Waals surface area contributed by atoms with Crippen molar-refractivity contribution in [3.63, 3.8) is 0 Å². The molecule has 49 heavy (non-hydrogen) atoms. The molecule has 4 aromatic rings. The van der Waals surface area contributed by atoms with Crippen molar-refractivity contribution < 1.29 is 36.5 Å². The molecule has 3 aliphatic heterocycles. The summed E-state index contributed by atoms with van der Waals surface area (Å²) in [6.45, 7) is 2.48. The third-order valence-electron chi connectivity index (χ3n) is 10.3. The van der Waals surface area contributed by atoms with Crippen molar-refractivity contribution in [2.24, 2.45) is 5.92 Å². The molecule has 0 radical (unpaired) electrons. The van der Waals surface area contributed by atoms with E-state index >= 15 is 4.39 Å². The Kier molecular flexibility index (Phi) is 9.00. The van der Waals surface area contributed by atoms with Crippen molar-refractivity contribution in [2.45, 2.75) is 75.6 Å². The molecule has 0 saturated carbocycles. The first-order valence-electron chi connectivity index (χ1n) is 16.2. The largest absolute Gasteiger partial charge is 0.491 e. The molecule has 1 unspecified atom stereocenters. The molecular weight excluding hydrogens is 689 g/mol. The number of nitriles is 1. The number of aliphatic hydroxyl groups excluding tert-OH is 1. The summed E-state index contributed by atoms with van der Waals surface area (Å²) in [4.78, 5) is 11.3. The van der Waals surface area contributed by atoms with Gasteiger partial charge in [-0.25, -0.2) is 22.0 Å². The van der Waals surface area contributed by atoms with Crippen molar-refractivity contribution in [3.8, 4) is 29.0 Å². The van der Waals surface area contributed by atoms with E-state index in [1.165, 1.54) is 6.07 Å². The first kappa shape index (κ1) is 34.0. The van der Waals surface area contributed by atoms with Gasteiger partial charge in [0.15, 0.2) is 5.82 Å². The van der Waals surface area contributed by atoms with E-state index in [1.807, 2.05) is 11.0 Å². The van der Waals surface area contributed by atoms with Gasteiger partial charge < -0.3 is 20.3 Å². The summed E-state index contributed by atoms with van der Waals surface area (Å²) in [5, 5.41) is 20.8. The molecule has 5 heterocycles. The summed E-state index contributed by atoms with van der Waals surface area (Å²) in [6.07, 6.45) is -2.87. The average molecular weight is 722 g/mol. The van der Waals surface area contributed by atoms with E-state index in [2.05, 4.69) is 4.98 Å². The molecule has 2 fully saturated rings. The van der Waals surface area contributed by atoms with Crippen molar-refractivity contribution in [2.75, 3.05) is 32.0 Å². The number of nitrogens with two attached hydrogens (primary N) is 1. The molecular formula is C34H33ClF5N5O3S. The number of thiophene rings is 1. The molecule has 2 saturated heterocycles. The highest BCUT2D eigenvalue weighted by molar-refractivity contribution is 7.23. The van der Waals surface area contributed by atoms with Crippen LogP contribution in [0.1, 0.15) is 62.6 Å². The lowest BCUT2D eigenvalue weighted by atomic mass is 9.81. The predicted octanol–water partition coefficient (Wildman–Crippen LogP) is 7.76. The molecule has 0 spiro atoms. The Labute approximate surface area is 287 Å². The van der Waals surface area contributed by atoms with Crippen LogP contribution in [0.2, 0.25) is 5.02 Å². The Balaban J connectivity index is 1.45. The third-order valence-corrected chi connectivity index (χ3v) is 11.7. The van der Waals surface area contributed by atoms with E-state index in [0.717, 1.165) is 30.4 Å². The van der Waals surface area contributed by atoms with E-state index < -0.39 is 54.1 Å². The Bertz CT molecular complexity index is 1990. The standard InChI is InChI=1S/C34H33ClF5N5O3S/c1-15(46)20-13-47-30-25-28(17(20)4-2-5-22(38)39)43-33(48-14-34-8-3-9-45(34)12-16(36)10-34)44-29(25)27(40)24(26(30)35)18-6-7-21(37)31-23(18)19(11-41)32(42)49-31/h6-7,15-17,20,22,46H,2-5,8-10,12-14,42H2,1H3/t15-,16+,17?,20+,34-/m0/s1. The molecule has 2 aromatic heterocycles. The molecule has 0 aliphatic carbocycles. The second kappa shape index (κ2) is 13.0. The first-order valence-corrected chi connectivity index (χ1v) is 17.4. The van der Waals surface area contributed by atoms with Gasteiger partial charge in [0.05, 0.1) is 44.6 Å². The van der Waals surface area contributed by atoms with Crippen molar-refractivity contribution in [1.29, 1.82) is 5.26 Å². The minimum absolute atomic E-state index is 0.00700. The monoisotopic (exact) mass is 721 g/mol. The molecule has 8 nitrogen and oxygen atoms in total. The Hall–Kier alpha value is -3.51. The number of nitrogens with zero attached hydrogens (tertiary/aromatic N) is 4. The van der Waals surface area contributed by atoms with Crippen LogP contribution >= 0.6 is 22.9 Å². The predicted molar refractivity (Wildman–Crippen MR) is 176 cm³/mol. The number of nitrogen functional groups attached to an aromatic ring is 1. The number of aromatic nitrogens is 2. The second-order valence-corrected chi connectivity index (χ2v) is 14.6. The zero-order valence-electron chi connectivity index (χ0n) is 26.4. The van der Waals surface area contributed by atoms with Crippen LogP contribution in [0.3, 0.4) is 0 Å². The number of alkyl halides is 3. The van der Waals surface area contributed by atoms with Crippen LogP contribution in [0.15, 0.2) is 12.1 Å². The van der Waals surface area contributed by atoms with Gasteiger partial charge in [-0.3, -0.25) is 4.90 Å². The maximum atomic E-state index is 17.2. The smallest absolute Gasteiger partial charge is 0.317 e. The molecule has 15 heteroatoms. The van der Waals surface area contributed by atoms with Gasteiger partial charge in [0, 0.05) is 42.2 Å². The molecule has 5 atom stereocenters. The van der Waals surface area contributed by atoms with Crippen LogP contribution in [0.25, 0.3) is 32.1 Å². The Morgan fingerprint density at radius 2 is 2.08 bits per heavy atom. The number of hydrogen-bond acceptors (Lipinski definition) is 9. The minimum atomic E-state index is -2.55. The molecule has 7 rings (SSSR count).